The van der Waals surface area contributed by atoms with Crippen LogP contribution in [0, 0.1) is 6.92 Å². The molecule has 1 aliphatic rings. The van der Waals surface area contributed by atoms with Crippen LogP contribution < -0.4 is 0 Å². The van der Waals surface area contributed by atoms with E-state index in [1.165, 1.54) is 0 Å². The van der Waals surface area contributed by atoms with Gasteiger partial charge in [-0.15, -0.1) is 0 Å². The second-order valence-electron chi connectivity index (χ2n) is 3.73. The van der Waals surface area contributed by atoms with Crippen LogP contribution in [-0.4, -0.2) is 16.1 Å². The normalized spacial score (nSPS) is 20.5. The lowest BCUT2D eigenvalue weighted by molar-refractivity contribution is -0.137. The summed E-state index contributed by atoms with van der Waals surface area (Å²) in [6.07, 6.45) is 2.97. The molecule has 0 bridgehead atoms. The van der Waals surface area contributed by atoms with Gasteiger partial charge in [0.1, 0.15) is 5.76 Å². The summed E-state index contributed by atoms with van der Waals surface area (Å²) < 4.78 is 5.41. The lowest BCUT2D eigenvalue weighted by Crippen LogP contribution is -2.12. The highest BCUT2D eigenvalue weighted by molar-refractivity contribution is 5.68. The number of aliphatic carboxylic acids is 1. The maximum absolute atomic E-state index is 10.6. The number of hydrogen-bond donors (Lipinski definition) is 1. The summed E-state index contributed by atoms with van der Waals surface area (Å²) in [4.78, 5) is 14.9. The standard InChI is InChI=1S/C10H13NO3/c1-6-11-10-7(5-9(12)13)3-2-4-8(10)14-6/h7H,2-5H2,1H3,(H,12,13). The van der Waals surface area contributed by atoms with Gasteiger partial charge in [-0.3, -0.25) is 4.79 Å². The summed E-state index contributed by atoms with van der Waals surface area (Å²) in [5, 5.41) is 8.74. The Kier molecular flexibility index (Phi) is 2.27. The first-order chi connectivity index (χ1) is 6.66. The second-order valence-corrected chi connectivity index (χ2v) is 3.73. The van der Waals surface area contributed by atoms with Crippen LogP contribution in [0.15, 0.2) is 4.42 Å². The molecule has 1 aliphatic carbocycles. The monoisotopic (exact) mass is 195 g/mol. The molecule has 0 saturated carbocycles. The van der Waals surface area contributed by atoms with Crippen molar-refractivity contribution in [3.8, 4) is 0 Å². The van der Waals surface area contributed by atoms with Crippen molar-refractivity contribution in [1.82, 2.24) is 4.98 Å². The molecule has 4 heteroatoms. The predicted molar refractivity (Wildman–Crippen MR) is 49.2 cm³/mol. The van der Waals surface area contributed by atoms with Crippen LogP contribution in [-0.2, 0) is 11.2 Å². The molecule has 1 unspecified atom stereocenters. The van der Waals surface area contributed by atoms with Gasteiger partial charge in [-0.1, -0.05) is 0 Å². The van der Waals surface area contributed by atoms with Crippen molar-refractivity contribution >= 4 is 5.97 Å². The number of aryl methyl sites for hydroxylation is 2. The van der Waals surface area contributed by atoms with Crippen molar-refractivity contribution in [1.29, 1.82) is 0 Å². The van der Waals surface area contributed by atoms with Gasteiger partial charge in [0.15, 0.2) is 5.89 Å². The van der Waals surface area contributed by atoms with Crippen LogP contribution in [0.4, 0.5) is 0 Å². The summed E-state index contributed by atoms with van der Waals surface area (Å²) in [5.41, 5.74) is 0.871. The summed E-state index contributed by atoms with van der Waals surface area (Å²) in [5.74, 6) is 0.824. The van der Waals surface area contributed by atoms with E-state index in [0.29, 0.717) is 5.89 Å². The summed E-state index contributed by atoms with van der Waals surface area (Å²) in [6.45, 7) is 1.80. The zero-order valence-corrected chi connectivity index (χ0v) is 8.12. The van der Waals surface area contributed by atoms with E-state index in [4.69, 9.17) is 9.52 Å². The summed E-state index contributed by atoms with van der Waals surface area (Å²) >= 11 is 0. The molecule has 4 nitrogen and oxygen atoms in total. The Labute approximate surface area is 81.9 Å². The first-order valence-corrected chi connectivity index (χ1v) is 4.85. The third-order valence-electron chi connectivity index (χ3n) is 2.60. The first-order valence-electron chi connectivity index (χ1n) is 4.85. The molecule has 2 rings (SSSR count). The maximum Gasteiger partial charge on any atom is 0.304 e. The Balaban J connectivity index is 2.25. The lowest BCUT2D eigenvalue weighted by Gasteiger charge is -2.17. The van der Waals surface area contributed by atoms with Crippen LogP contribution in [0.5, 0.6) is 0 Å². The largest absolute Gasteiger partial charge is 0.481 e. The molecule has 0 radical (unpaired) electrons. The zero-order chi connectivity index (χ0) is 10.1. The van der Waals surface area contributed by atoms with E-state index in [-0.39, 0.29) is 12.3 Å². The molecule has 1 aromatic heterocycles. The molecule has 76 valence electrons. The van der Waals surface area contributed by atoms with Gasteiger partial charge in [0.2, 0.25) is 0 Å². The van der Waals surface area contributed by atoms with Crippen molar-refractivity contribution in [3.63, 3.8) is 0 Å². The second kappa shape index (κ2) is 3.44. The lowest BCUT2D eigenvalue weighted by atomic mass is 9.88. The van der Waals surface area contributed by atoms with E-state index in [9.17, 15) is 4.79 Å². The Morgan fingerprint density at radius 3 is 3.21 bits per heavy atom. The Morgan fingerprint density at radius 1 is 1.71 bits per heavy atom. The molecule has 1 heterocycles. The quantitative estimate of drug-likeness (QED) is 0.782. The van der Waals surface area contributed by atoms with E-state index in [0.717, 1.165) is 30.7 Å². The number of carboxylic acids is 1. The number of rotatable bonds is 2. The first kappa shape index (κ1) is 9.24. The number of hydrogen-bond acceptors (Lipinski definition) is 3. The Hall–Kier alpha value is -1.32. The number of nitrogens with zero attached hydrogens (tertiary/aromatic N) is 1. The van der Waals surface area contributed by atoms with Gasteiger partial charge < -0.3 is 9.52 Å². The molecule has 0 amide bonds. The van der Waals surface area contributed by atoms with Crippen molar-refractivity contribution < 1.29 is 14.3 Å². The molecule has 14 heavy (non-hydrogen) atoms. The maximum atomic E-state index is 10.6. The molecular weight excluding hydrogens is 182 g/mol. The molecule has 0 aliphatic heterocycles. The molecule has 1 N–H and O–H groups in total. The molecule has 0 aromatic carbocycles. The van der Waals surface area contributed by atoms with Gasteiger partial charge in [0.25, 0.3) is 0 Å². The molecular formula is C10H13NO3. The van der Waals surface area contributed by atoms with E-state index >= 15 is 0 Å². The van der Waals surface area contributed by atoms with Crippen LogP contribution in [0.1, 0.15) is 42.5 Å². The summed E-state index contributed by atoms with van der Waals surface area (Å²) in [6, 6.07) is 0. The van der Waals surface area contributed by atoms with E-state index in [1.807, 2.05) is 0 Å². The zero-order valence-electron chi connectivity index (χ0n) is 8.12. The number of carbonyl (C=O) groups is 1. The minimum absolute atomic E-state index is 0.0497. The number of aromatic nitrogens is 1. The Bertz CT molecular complexity index is 356. The van der Waals surface area contributed by atoms with Gasteiger partial charge in [-0.25, -0.2) is 4.98 Å². The van der Waals surface area contributed by atoms with E-state index < -0.39 is 5.97 Å². The molecule has 1 atom stereocenters. The average molecular weight is 195 g/mol. The van der Waals surface area contributed by atoms with Crippen molar-refractivity contribution in [2.24, 2.45) is 0 Å². The van der Waals surface area contributed by atoms with Crippen LogP contribution >= 0.6 is 0 Å². The average Bonchev–Trinajstić information content (AvgIpc) is 2.45. The van der Waals surface area contributed by atoms with Crippen molar-refractivity contribution in [3.05, 3.63) is 17.3 Å². The number of fused-ring (bicyclic) bond motifs is 1. The fourth-order valence-electron chi connectivity index (χ4n) is 2.04. The van der Waals surface area contributed by atoms with E-state index in [1.54, 1.807) is 6.92 Å². The van der Waals surface area contributed by atoms with Crippen LogP contribution in [0.2, 0.25) is 0 Å². The van der Waals surface area contributed by atoms with Gasteiger partial charge in [-0.2, -0.15) is 0 Å². The van der Waals surface area contributed by atoms with Crippen molar-refractivity contribution in [2.45, 2.75) is 38.5 Å². The summed E-state index contributed by atoms with van der Waals surface area (Å²) in [7, 11) is 0. The van der Waals surface area contributed by atoms with Gasteiger partial charge in [-0.05, 0) is 12.8 Å². The number of carboxylic acid groups (broad SMARTS) is 1. The smallest absolute Gasteiger partial charge is 0.304 e. The van der Waals surface area contributed by atoms with Gasteiger partial charge in [0.05, 0.1) is 12.1 Å². The van der Waals surface area contributed by atoms with E-state index in [2.05, 4.69) is 4.98 Å². The molecule has 0 spiro atoms. The van der Waals surface area contributed by atoms with Gasteiger partial charge >= 0.3 is 5.97 Å². The minimum Gasteiger partial charge on any atom is -0.481 e. The molecule has 0 fully saturated rings. The molecule has 1 aromatic rings. The SMILES string of the molecule is Cc1nc2c(o1)CCCC2CC(=O)O. The van der Waals surface area contributed by atoms with Crippen molar-refractivity contribution in [2.75, 3.05) is 0 Å². The highest BCUT2D eigenvalue weighted by atomic mass is 16.4. The van der Waals surface area contributed by atoms with Gasteiger partial charge in [0, 0.05) is 19.3 Å². The Morgan fingerprint density at radius 2 is 2.50 bits per heavy atom. The molecule has 0 saturated heterocycles. The fraction of sp³-hybridized carbons (Fsp3) is 0.600. The topological polar surface area (TPSA) is 63.3 Å². The third-order valence-corrected chi connectivity index (χ3v) is 2.60. The fourth-order valence-corrected chi connectivity index (χ4v) is 2.04. The van der Waals surface area contributed by atoms with Crippen LogP contribution in [0.3, 0.4) is 0 Å². The predicted octanol–water partition coefficient (Wildman–Crippen LogP) is 1.88. The highest BCUT2D eigenvalue weighted by Gasteiger charge is 2.26. The third kappa shape index (κ3) is 1.64. The highest BCUT2D eigenvalue weighted by Crippen LogP contribution is 2.33. The minimum atomic E-state index is -0.761. The number of oxazole rings is 1. The van der Waals surface area contributed by atoms with Crippen LogP contribution in [0.25, 0.3) is 0 Å².